The van der Waals surface area contributed by atoms with E-state index in [1.807, 2.05) is 0 Å². The summed E-state index contributed by atoms with van der Waals surface area (Å²) in [6.07, 6.45) is 3.96. The van der Waals surface area contributed by atoms with Crippen LogP contribution in [0.25, 0.3) is 17.0 Å². The highest BCUT2D eigenvalue weighted by Gasteiger charge is 2.26. The highest BCUT2D eigenvalue weighted by Crippen LogP contribution is 2.46. The summed E-state index contributed by atoms with van der Waals surface area (Å²) in [7, 11) is -2.01. The van der Waals surface area contributed by atoms with E-state index in [-0.39, 0.29) is 28.4 Å². The van der Waals surface area contributed by atoms with E-state index >= 15 is 0 Å². The molecule has 0 unspecified atom stereocenters. The van der Waals surface area contributed by atoms with E-state index in [0.29, 0.717) is 10.9 Å². The Morgan fingerprint density at radius 1 is 1.14 bits per heavy atom. The number of phenols is 1. The van der Waals surface area contributed by atoms with Crippen LogP contribution in [-0.4, -0.2) is 34.9 Å². The Kier molecular flexibility index (Phi) is 5.65. The van der Waals surface area contributed by atoms with E-state index in [1.165, 1.54) is 50.8 Å². The summed E-state index contributed by atoms with van der Waals surface area (Å²) >= 11 is 0. The van der Waals surface area contributed by atoms with Crippen LogP contribution in [0.4, 0.5) is 0 Å². The van der Waals surface area contributed by atoms with Crippen molar-refractivity contribution in [1.29, 1.82) is 0 Å². The first kappa shape index (κ1) is 20.5. The van der Waals surface area contributed by atoms with E-state index in [9.17, 15) is 14.5 Å². The monoisotopic (exact) mass is 420 g/mol. The highest BCUT2D eigenvalue weighted by atomic mass is 31.2. The van der Waals surface area contributed by atoms with Crippen molar-refractivity contribution in [2.45, 2.75) is 0 Å². The maximum atomic E-state index is 12.8. The molecule has 0 fully saturated rings. The quantitative estimate of drug-likeness (QED) is 0.298. The van der Waals surface area contributed by atoms with Crippen LogP contribution >= 0.6 is 7.82 Å². The summed E-state index contributed by atoms with van der Waals surface area (Å²) in [5.74, 6) is -0.947. The van der Waals surface area contributed by atoms with E-state index in [0.717, 1.165) is 0 Å². The van der Waals surface area contributed by atoms with Gasteiger partial charge in [-0.15, -0.1) is 0 Å². The fraction of sp³-hybridized carbons (Fsp3) is 0.105. The molecule has 3 aromatic rings. The van der Waals surface area contributed by atoms with Gasteiger partial charge in [0.2, 0.25) is 5.75 Å². The van der Waals surface area contributed by atoms with Crippen LogP contribution in [-0.2, 0) is 4.57 Å². The zero-order valence-corrected chi connectivity index (χ0v) is 16.3. The zero-order chi connectivity index (χ0) is 21.2. The largest absolute Gasteiger partial charge is 0.524 e. The summed E-state index contributed by atoms with van der Waals surface area (Å²) in [6, 6.07) is 7.41. The third-order valence-corrected chi connectivity index (χ3v) is 4.41. The van der Waals surface area contributed by atoms with Crippen molar-refractivity contribution in [3.63, 3.8) is 0 Å². The number of benzene rings is 2. The maximum absolute atomic E-state index is 12.8. The van der Waals surface area contributed by atoms with Gasteiger partial charge in [-0.1, -0.05) is 18.2 Å². The maximum Gasteiger partial charge on any atom is 0.524 e. The molecule has 0 radical (unpaired) electrons. The van der Waals surface area contributed by atoms with Crippen LogP contribution in [0, 0.1) is 0 Å². The molecule has 1 heterocycles. The Morgan fingerprint density at radius 2 is 1.86 bits per heavy atom. The lowest BCUT2D eigenvalue weighted by atomic mass is 10.0. The van der Waals surface area contributed by atoms with Crippen LogP contribution < -0.4 is 14.0 Å². The number of phosphoric ester groups is 1. The molecule has 1 aromatic heterocycles. The van der Waals surface area contributed by atoms with Crippen LogP contribution in [0.15, 0.2) is 47.1 Å². The molecule has 2 aromatic carbocycles. The van der Waals surface area contributed by atoms with Crippen molar-refractivity contribution in [2.24, 2.45) is 0 Å². The van der Waals surface area contributed by atoms with Crippen molar-refractivity contribution < 1.29 is 42.7 Å². The Hall–Kier alpha value is -3.26. The van der Waals surface area contributed by atoms with Crippen LogP contribution in [0.5, 0.6) is 23.0 Å². The number of hydrogen-bond acceptors (Lipinski definition) is 7. The number of allylic oxidation sites excluding steroid dienone is 1. The molecule has 0 amide bonds. The first-order valence-electron chi connectivity index (χ1n) is 8.17. The number of rotatable bonds is 7. The van der Waals surface area contributed by atoms with Gasteiger partial charge in [0.1, 0.15) is 17.1 Å². The second-order valence-electron chi connectivity index (χ2n) is 5.81. The number of methoxy groups -OCH3 is 2. The lowest BCUT2D eigenvalue weighted by molar-refractivity contribution is 0.104. The average molecular weight is 420 g/mol. The normalized spacial score (nSPS) is 11.7. The lowest BCUT2D eigenvalue weighted by Gasteiger charge is -2.13. The van der Waals surface area contributed by atoms with Gasteiger partial charge in [-0.3, -0.25) is 14.6 Å². The van der Waals surface area contributed by atoms with E-state index in [4.69, 9.17) is 23.7 Å². The van der Waals surface area contributed by atoms with Crippen LogP contribution in [0.2, 0.25) is 0 Å². The van der Waals surface area contributed by atoms with Crippen molar-refractivity contribution in [1.82, 2.24) is 0 Å². The van der Waals surface area contributed by atoms with Crippen molar-refractivity contribution in [2.75, 3.05) is 14.2 Å². The first-order chi connectivity index (χ1) is 13.7. The van der Waals surface area contributed by atoms with E-state index in [1.54, 1.807) is 12.1 Å². The van der Waals surface area contributed by atoms with Gasteiger partial charge < -0.3 is 23.5 Å². The molecule has 0 saturated heterocycles. The van der Waals surface area contributed by atoms with Crippen molar-refractivity contribution >= 4 is 30.7 Å². The first-order valence-corrected chi connectivity index (χ1v) is 9.70. The van der Waals surface area contributed by atoms with Crippen molar-refractivity contribution in [3.05, 3.63) is 53.8 Å². The SMILES string of the molecule is COc1c(C(=O)C=Cc2cccc(OP(=O)(O)O)c2)c(O)c(OC)c2occc12. The number of ether oxygens (including phenoxy) is 2. The molecule has 0 aliphatic rings. The number of ketones is 1. The summed E-state index contributed by atoms with van der Waals surface area (Å²) in [5, 5.41) is 11.0. The molecule has 0 aliphatic carbocycles. The molecular formula is C19H17O9P. The Balaban J connectivity index is 1.99. The standard InChI is InChI=1S/C19H17O9P/c1-25-17-13-8-9-27-18(13)19(26-2)16(21)15(17)14(20)7-6-11-4-3-5-12(10-11)28-29(22,23)24/h3-10,21H,1-2H3,(H2,22,23,24). The Bertz CT molecular complexity index is 1140. The number of aromatic hydroxyl groups is 1. The number of furan rings is 1. The van der Waals surface area contributed by atoms with E-state index < -0.39 is 19.4 Å². The van der Waals surface area contributed by atoms with Gasteiger partial charge in [-0.2, -0.15) is 0 Å². The molecule has 152 valence electrons. The molecule has 0 aliphatic heterocycles. The fourth-order valence-corrected chi connectivity index (χ4v) is 3.21. The van der Waals surface area contributed by atoms with Gasteiger partial charge in [0.05, 0.1) is 25.9 Å². The van der Waals surface area contributed by atoms with E-state index in [2.05, 4.69) is 4.52 Å². The van der Waals surface area contributed by atoms with Gasteiger partial charge in [0, 0.05) is 0 Å². The minimum absolute atomic E-state index is 0.000378. The number of phenolic OH excluding ortho intramolecular Hbond substituents is 1. The summed E-state index contributed by atoms with van der Waals surface area (Å²) in [6.45, 7) is 0. The molecule has 9 nitrogen and oxygen atoms in total. The van der Waals surface area contributed by atoms with Gasteiger partial charge in [-0.05, 0) is 29.8 Å². The summed E-state index contributed by atoms with van der Waals surface area (Å²) < 4.78 is 31.3. The van der Waals surface area contributed by atoms with Gasteiger partial charge in [-0.25, -0.2) is 4.57 Å². The smallest absolute Gasteiger partial charge is 0.504 e. The second kappa shape index (κ2) is 8.00. The Labute approximate surface area is 165 Å². The lowest BCUT2D eigenvalue weighted by Crippen LogP contribution is -2.02. The highest BCUT2D eigenvalue weighted by molar-refractivity contribution is 7.46. The summed E-state index contributed by atoms with van der Waals surface area (Å²) in [5.41, 5.74) is 0.570. The third-order valence-electron chi connectivity index (χ3n) is 3.96. The molecule has 0 atom stereocenters. The molecule has 3 N–H and O–H groups in total. The van der Waals surface area contributed by atoms with Gasteiger partial charge >= 0.3 is 7.82 Å². The minimum atomic E-state index is -4.70. The molecule has 0 saturated carbocycles. The van der Waals surface area contributed by atoms with Crippen molar-refractivity contribution in [3.8, 4) is 23.0 Å². The molecule has 10 heteroatoms. The second-order valence-corrected chi connectivity index (χ2v) is 6.97. The zero-order valence-electron chi connectivity index (χ0n) is 15.4. The number of fused-ring (bicyclic) bond motifs is 1. The number of carbonyl (C=O) groups is 1. The average Bonchev–Trinajstić information content (AvgIpc) is 3.13. The molecule has 29 heavy (non-hydrogen) atoms. The van der Waals surface area contributed by atoms with Crippen LogP contribution in [0.1, 0.15) is 15.9 Å². The minimum Gasteiger partial charge on any atom is -0.504 e. The third kappa shape index (κ3) is 4.27. The molecule has 3 rings (SSSR count). The predicted molar refractivity (Wildman–Crippen MR) is 103 cm³/mol. The molecule has 0 spiro atoms. The van der Waals surface area contributed by atoms with Crippen LogP contribution in [0.3, 0.4) is 0 Å². The molecular weight excluding hydrogens is 403 g/mol. The topological polar surface area (TPSA) is 136 Å². The number of hydrogen-bond donors (Lipinski definition) is 3. The predicted octanol–water partition coefficient (Wildman–Crippen LogP) is 3.52. The van der Waals surface area contributed by atoms with Gasteiger partial charge in [0.15, 0.2) is 17.1 Å². The fourth-order valence-electron chi connectivity index (χ4n) is 2.82. The Morgan fingerprint density at radius 3 is 2.52 bits per heavy atom. The van der Waals surface area contributed by atoms with Gasteiger partial charge in [0.25, 0.3) is 0 Å². The number of carbonyl (C=O) groups excluding carboxylic acids is 1. The molecule has 0 bridgehead atoms. The summed E-state index contributed by atoms with van der Waals surface area (Å²) in [4.78, 5) is 30.6. The number of phosphoric acid groups is 1.